The van der Waals surface area contributed by atoms with Crippen LogP contribution < -0.4 is 0 Å². The molecule has 20 heavy (non-hydrogen) atoms. The largest absolute Gasteiger partial charge is 0.466 e. The molecule has 2 nitrogen and oxygen atoms in total. The Hall–Kier alpha value is -0.880. The van der Waals surface area contributed by atoms with Crippen molar-refractivity contribution in [3.05, 3.63) is 0 Å². The topological polar surface area (TPSA) is 26.3 Å². The van der Waals surface area contributed by atoms with Crippen LogP contribution in [0.25, 0.3) is 0 Å². The van der Waals surface area contributed by atoms with Crippen molar-refractivity contribution in [3.63, 3.8) is 0 Å². The molecule has 0 aromatic carbocycles. The number of carbonyl (C=O) groups is 1. The van der Waals surface area contributed by atoms with Crippen molar-refractivity contribution in [2.24, 2.45) is 5.92 Å². The number of alkyl halides is 5. The molecule has 0 atom stereocenters. The molecule has 0 amide bonds. The van der Waals surface area contributed by atoms with E-state index in [2.05, 4.69) is 4.74 Å². The lowest BCUT2D eigenvalue weighted by molar-refractivity contribution is -0.193. The van der Waals surface area contributed by atoms with E-state index in [4.69, 9.17) is 0 Å². The van der Waals surface area contributed by atoms with Crippen LogP contribution in [0.3, 0.4) is 0 Å². The van der Waals surface area contributed by atoms with Crippen LogP contribution in [0.2, 0.25) is 0 Å². The molecule has 1 rings (SSSR count). The predicted molar refractivity (Wildman–Crippen MR) is 62.4 cm³/mol. The summed E-state index contributed by atoms with van der Waals surface area (Å²) < 4.78 is 66.1. The van der Waals surface area contributed by atoms with Gasteiger partial charge >= 0.3 is 12.1 Å². The maximum atomic E-state index is 12.9. The van der Waals surface area contributed by atoms with E-state index in [0.29, 0.717) is 12.3 Å². The average molecular weight is 302 g/mol. The third-order valence-electron chi connectivity index (χ3n) is 3.38. The molecule has 0 aromatic heterocycles. The standard InChI is InChI=1S/C13H19F5O2/c14-12(15,9-13(16,17)18)8-11(19)20-7-6-10-4-2-1-3-5-10/h10H,1-9H2. The van der Waals surface area contributed by atoms with Crippen molar-refractivity contribution < 1.29 is 31.5 Å². The summed E-state index contributed by atoms with van der Waals surface area (Å²) in [5, 5.41) is 0. The number of carbonyl (C=O) groups excluding carboxylic acids is 1. The van der Waals surface area contributed by atoms with E-state index in [1.165, 1.54) is 6.42 Å². The van der Waals surface area contributed by atoms with Gasteiger partial charge < -0.3 is 4.74 Å². The molecule has 0 spiro atoms. The lowest BCUT2D eigenvalue weighted by atomic mass is 9.87. The Bertz CT molecular complexity index is 308. The second-order valence-electron chi connectivity index (χ2n) is 5.34. The van der Waals surface area contributed by atoms with Crippen LogP contribution in [0.5, 0.6) is 0 Å². The highest BCUT2D eigenvalue weighted by atomic mass is 19.4. The van der Waals surface area contributed by atoms with Gasteiger partial charge in [-0.05, 0) is 12.3 Å². The number of hydrogen-bond acceptors (Lipinski definition) is 2. The lowest BCUT2D eigenvalue weighted by Gasteiger charge is -2.21. The first kappa shape index (κ1) is 17.2. The molecule has 0 heterocycles. The molecule has 0 bridgehead atoms. The SMILES string of the molecule is O=C(CC(F)(F)CC(F)(F)F)OCCC1CCCCC1. The summed E-state index contributed by atoms with van der Waals surface area (Å²) in [6.45, 7) is 0.00555. The van der Waals surface area contributed by atoms with E-state index in [0.717, 1.165) is 25.7 Å². The molecule has 0 unspecified atom stereocenters. The predicted octanol–water partition coefficient (Wildman–Crippen LogP) is 4.48. The zero-order chi connectivity index (χ0) is 15.2. The minimum atomic E-state index is -4.99. The second kappa shape index (κ2) is 7.22. The first-order chi connectivity index (χ1) is 9.18. The fourth-order valence-corrected chi connectivity index (χ4v) is 2.43. The van der Waals surface area contributed by atoms with Gasteiger partial charge in [0.05, 0.1) is 6.61 Å². The maximum absolute atomic E-state index is 12.9. The summed E-state index contributed by atoms with van der Waals surface area (Å²) >= 11 is 0. The Balaban J connectivity index is 2.22. The summed E-state index contributed by atoms with van der Waals surface area (Å²) in [5.41, 5.74) is 0. The van der Waals surface area contributed by atoms with E-state index in [1.54, 1.807) is 0 Å². The fraction of sp³-hybridized carbons (Fsp3) is 0.923. The van der Waals surface area contributed by atoms with Gasteiger partial charge in [0.15, 0.2) is 0 Å². The van der Waals surface area contributed by atoms with Gasteiger partial charge in [-0.2, -0.15) is 13.2 Å². The molecule has 1 fully saturated rings. The Morgan fingerprint density at radius 2 is 1.65 bits per heavy atom. The summed E-state index contributed by atoms with van der Waals surface area (Å²) in [5.74, 6) is -4.94. The summed E-state index contributed by atoms with van der Waals surface area (Å²) in [7, 11) is 0. The van der Waals surface area contributed by atoms with Crippen LogP contribution in [0.15, 0.2) is 0 Å². The normalized spacial score (nSPS) is 18.1. The zero-order valence-electron chi connectivity index (χ0n) is 11.1. The van der Waals surface area contributed by atoms with E-state index < -0.39 is 30.9 Å². The maximum Gasteiger partial charge on any atom is 0.394 e. The minimum absolute atomic E-state index is 0.00555. The molecule has 0 saturated heterocycles. The monoisotopic (exact) mass is 302 g/mol. The van der Waals surface area contributed by atoms with Gasteiger partial charge in [0, 0.05) is 0 Å². The van der Waals surface area contributed by atoms with E-state index in [-0.39, 0.29) is 6.61 Å². The van der Waals surface area contributed by atoms with Crippen molar-refractivity contribution in [2.45, 2.75) is 63.5 Å². The highest BCUT2D eigenvalue weighted by Crippen LogP contribution is 2.34. The first-order valence-electron chi connectivity index (χ1n) is 6.78. The Kier molecular flexibility index (Phi) is 6.20. The molecule has 0 radical (unpaired) electrons. The van der Waals surface area contributed by atoms with Gasteiger partial charge in [0.2, 0.25) is 0 Å². The number of ether oxygens (including phenoxy) is 1. The van der Waals surface area contributed by atoms with Crippen LogP contribution in [-0.2, 0) is 9.53 Å². The zero-order valence-corrected chi connectivity index (χ0v) is 11.1. The number of esters is 1. The van der Waals surface area contributed by atoms with E-state index >= 15 is 0 Å². The quantitative estimate of drug-likeness (QED) is 0.534. The summed E-state index contributed by atoms with van der Waals surface area (Å²) in [4.78, 5) is 11.1. The average Bonchev–Trinajstić information content (AvgIpc) is 2.26. The second-order valence-corrected chi connectivity index (χ2v) is 5.34. The van der Waals surface area contributed by atoms with Crippen LogP contribution in [0.1, 0.15) is 51.4 Å². The van der Waals surface area contributed by atoms with Crippen molar-refractivity contribution in [3.8, 4) is 0 Å². The van der Waals surface area contributed by atoms with Crippen molar-refractivity contribution in [1.82, 2.24) is 0 Å². The Morgan fingerprint density at radius 3 is 2.20 bits per heavy atom. The smallest absolute Gasteiger partial charge is 0.394 e. The van der Waals surface area contributed by atoms with Crippen LogP contribution in [0.4, 0.5) is 22.0 Å². The molecule has 1 aliphatic carbocycles. The third kappa shape index (κ3) is 7.65. The van der Waals surface area contributed by atoms with E-state index in [1.807, 2.05) is 0 Å². The highest BCUT2D eigenvalue weighted by Gasteiger charge is 2.45. The van der Waals surface area contributed by atoms with Gasteiger partial charge in [-0.1, -0.05) is 32.1 Å². The van der Waals surface area contributed by atoms with Crippen molar-refractivity contribution >= 4 is 5.97 Å². The lowest BCUT2D eigenvalue weighted by Crippen LogP contribution is -2.29. The van der Waals surface area contributed by atoms with Gasteiger partial charge in [0.1, 0.15) is 12.8 Å². The molecule has 118 valence electrons. The first-order valence-corrected chi connectivity index (χ1v) is 6.78. The van der Waals surface area contributed by atoms with Gasteiger partial charge in [-0.25, -0.2) is 8.78 Å². The Morgan fingerprint density at radius 1 is 1.05 bits per heavy atom. The Labute approximate surface area is 114 Å². The summed E-state index contributed by atoms with van der Waals surface area (Å²) in [6.07, 6.45) is -2.74. The van der Waals surface area contributed by atoms with Crippen LogP contribution >= 0.6 is 0 Å². The van der Waals surface area contributed by atoms with Crippen molar-refractivity contribution in [2.75, 3.05) is 6.61 Å². The number of hydrogen-bond donors (Lipinski definition) is 0. The summed E-state index contributed by atoms with van der Waals surface area (Å²) in [6, 6.07) is 0. The molecule has 0 aromatic rings. The van der Waals surface area contributed by atoms with Crippen LogP contribution in [0, 0.1) is 5.92 Å². The molecule has 0 aliphatic heterocycles. The highest BCUT2D eigenvalue weighted by molar-refractivity contribution is 5.70. The van der Waals surface area contributed by atoms with Crippen LogP contribution in [-0.4, -0.2) is 24.7 Å². The van der Waals surface area contributed by atoms with E-state index in [9.17, 15) is 26.7 Å². The van der Waals surface area contributed by atoms with Crippen molar-refractivity contribution in [1.29, 1.82) is 0 Å². The van der Waals surface area contributed by atoms with Gasteiger partial charge in [-0.15, -0.1) is 0 Å². The fourth-order valence-electron chi connectivity index (χ4n) is 2.43. The minimum Gasteiger partial charge on any atom is -0.466 e. The molecular weight excluding hydrogens is 283 g/mol. The molecular formula is C13H19F5O2. The number of rotatable bonds is 6. The molecule has 1 saturated carbocycles. The third-order valence-corrected chi connectivity index (χ3v) is 3.38. The molecule has 1 aliphatic rings. The molecule has 7 heteroatoms. The van der Waals surface area contributed by atoms with Gasteiger partial charge in [-0.3, -0.25) is 4.79 Å². The molecule has 0 N–H and O–H groups in total. The van der Waals surface area contributed by atoms with Gasteiger partial charge in [0.25, 0.3) is 5.92 Å². The number of halogens is 5.